The summed E-state index contributed by atoms with van der Waals surface area (Å²) in [6, 6.07) is 7.96. The number of carboxylic acids is 1. The van der Waals surface area contributed by atoms with Crippen LogP contribution in [0.3, 0.4) is 0 Å². The molecular weight excluding hydrogens is 407 g/mol. The molecule has 1 unspecified atom stereocenters. The summed E-state index contributed by atoms with van der Waals surface area (Å²) in [4.78, 5) is 25.6. The van der Waals surface area contributed by atoms with E-state index in [-0.39, 0.29) is 48.8 Å². The smallest absolute Gasteiger partial charge is 0.451 e. The zero-order valence-corrected chi connectivity index (χ0v) is 16.5. The summed E-state index contributed by atoms with van der Waals surface area (Å²) in [5.41, 5.74) is 6.37. The lowest BCUT2D eigenvalue weighted by Gasteiger charge is -2.40. The number of aromatic hydroxyl groups is 2. The number of amides is 1. The molecule has 0 radical (unpaired) electrons. The summed E-state index contributed by atoms with van der Waals surface area (Å²) >= 11 is 0. The van der Waals surface area contributed by atoms with Crippen molar-refractivity contribution in [2.24, 2.45) is 5.73 Å². The Morgan fingerprint density at radius 1 is 1.13 bits per heavy atom. The number of aryl methyl sites for hydroxylation is 1. The molecule has 3 rings (SSSR count). The minimum absolute atomic E-state index is 0.0433. The highest BCUT2D eigenvalue weighted by Gasteiger charge is 2.36. The number of hydrogen-bond acceptors (Lipinski definition) is 8. The maximum absolute atomic E-state index is 12.5. The van der Waals surface area contributed by atoms with Gasteiger partial charge in [-0.15, -0.1) is 0 Å². The SMILES string of the molecule is NC(C(=O)N1CC(Oc2ccc(CCB(O)O)c(O)c2C(=O)O)C1)c1ccc(O)cc1. The summed E-state index contributed by atoms with van der Waals surface area (Å²) in [6.45, 7) is 0.395. The van der Waals surface area contributed by atoms with Crippen molar-refractivity contribution in [3.05, 3.63) is 53.1 Å². The predicted molar refractivity (Wildman–Crippen MR) is 110 cm³/mol. The van der Waals surface area contributed by atoms with Crippen LogP contribution in [0.25, 0.3) is 0 Å². The molecule has 1 aliphatic heterocycles. The zero-order valence-electron chi connectivity index (χ0n) is 16.5. The van der Waals surface area contributed by atoms with Gasteiger partial charge in [-0.1, -0.05) is 18.2 Å². The van der Waals surface area contributed by atoms with Crippen LogP contribution in [0.2, 0.25) is 6.32 Å². The van der Waals surface area contributed by atoms with Gasteiger partial charge in [-0.25, -0.2) is 4.79 Å². The van der Waals surface area contributed by atoms with Crippen LogP contribution in [0.4, 0.5) is 0 Å². The van der Waals surface area contributed by atoms with E-state index in [9.17, 15) is 24.9 Å². The molecule has 0 spiro atoms. The monoisotopic (exact) mass is 430 g/mol. The Labute approximate surface area is 178 Å². The number of carboxylic acid groups (broad SMARTS) is 1. The van der Waals surface area contributed by atoms with E-state index in [0.29, 0.717) is 5.56 Å². The van der Waals surface area contributed by atoms with Crippen LogP contribution in [0, 0.1) is 0 Å². The molecule has 31 heavy (non-hydrogen) atoms. The number of aromatic carboxylic acids is 1. The normalized spacial score (nSPS) is 14.6. The van der Waals surface area contributed by atoms with E-state index >= 15 is 0 Å². The van der Waals surface area contributed by atoms with E-state index in [0.717, 1.165) is 0 Å². The predicted octanol–water partition coefficient (Wildman–Crippen LogP) is 0.101. The molecule has 11 heteroatoms. The Kier molecular flexibility index (Phi) is 6.69. The molecule has 1 fully saturated rings. The van der Waals surface area contributed by atoms with E-state index in [4.69, 9.17) is 20.5 Å². The second-order valence-corrected chi connectivity index (χ2v) is 7.32. The van der Waals surface area contributed by atoms with Crippen LogP contribution in [0.15, 0.2) is 36.4 Å². The number of phenolic OH excluding ortho intramolecular Hbond substituents is 1. The van der Waals surface area contributed by atoms with Crippen molar-refractivity contribution in [3.63, 3.8) is 0 Å². The average Bonchev–Trinajstić information content (AvgIpc) is 2.68. The van der Waals surface area contributed by atoms with E-state index in [1.807, 2.05) is 0 Å². The standard InChI is InChI=1S/C20H23BN2O8/c22-17(11-1-4-13(24)5-2-11)19(26)23-9-14(10-23)31-15-6-3-12(7-8-21(29)30)18(25)16(15)20(27)28/h1-6,14,17,24-25,29-30H,7-10,22H2,(H,27,28). The molecule has 1 heterocycles. The average molecular weight is 430 g/mol. The number of nitrogens with two attached hydrogens (primary N) is 1. The minimum atomic E-state index is -1.57. The molecule has 0 aliphatic carbocycles. The number of rotatable bonds is 8. The van der Waals surface area contributed by atoms with Gasteiger partial charge in [-0.2, -0.15) is 0 Å². The van der Waals surface area contributed by atoms with E-state index in [1.54, 1.807) is 12.1 Å². The van der Waals surface area contributed by atoms with E-state index in [1.165, 1.54) is 29.2 Å². The first-order chi connectivity index (χ1) is 14.7. The van der Waals surface area contributed by atoms with Gasteiger partial charge in [0.25, 0.3) is 0 Å². The third-order valence-corrected chi connectivity index (χ3v) is 5.08. The number of ether oxygens (including phenoxy) is 1. The van der Waals surface area contributed by atoms with Crippen molar-refractivity contribution >= 4 is 19.0 Å². The Bertz CT molecular complexity index is 960. The topological polar surface area (TPSA) is 174 Å². The third kappa shape index (κ3) is 5.08. The highest BCUT2D eigenvalue weighted by molar-refractivity contribution is 6.41. The Morgan fingerprint density at radius 3 is 2.35 bits per heavy atom. The largest absolute Gasteiger partial charge is 0.508 e. The fourth-order valence-corrected chi connectivity index (χ4v) is 3.30. The van der Waals surface area contributed by atoms with Gasteiger partial charge in [0.2, 0.25) is 5.91 Å². The molecule has 0 saturated carbocycles. The summed E-state index contributed by atoms with van der Waals surface area (Å²) in [6.07, 6.45) is -0.461. The first-order valence-electron chi connectivity index (χ1n) is 9.61. The maximum Gasteiger partial charge on any atom is 0.451 e. The molecule has 2 aromatic carbocycles. The van der Waals surface area contributed by atoms with Crippen molar-refractivity contribution in [2.45, 2.75) is 24.9 Å². The second kappa shape index (κ2) is 9.25. The summed E-state index contributed by atoms with van der Waals surface area (Å²) in [7, 11) is -1.57. The molecule has 7 N–H and O–H groups in total. The Hall–Kier alpha value is -3.28. The number of nitrogens with zero attached hydrogens (tertiary/aromatic N) is 1. The molecule has 1 amide bonds. The van der Waals surface area contributed by atoms with Crippen molar-refractivity contribution in [2.75, 3.05) is 13.1 Å². The summed E-state index contributed by atoms with van der Waals surface area (Å²) < 4.78 is 5.68. The van der Waals surface area contributed by atoms with Crippen LogP contribution in [-0.4, -0.2) is 68.5 Å². The maximum atomic E-state index is 12.5. The first kappa shape index (κ1) is 22.4. The van der Waals surface area contributed by atoms with Gasteiger partial charge in [0.1, 0.15) is 35.0 Å². The Balaban J connectivity index is 1.64. The van der Waals surface area contributed by atoms with Crippen LogP contribution in [0.5, 0.6) is 17.2 Å². The number of hydrogen-bond donors (Lipinski definition) is 6. The van der Waals surface area contributed by atoms with Crippen molar-refractivity contribution < 1.29 is 39.7 Å². The molecule has 0 bridgehead atoms. The molecule has 164 valence electrons. The zero-order chi connectivity index (χ0) is 22.7. The fourth-order valence-electron chi connectivity index (χ4n) is 3.30. The molecule has 2 aromatic rings. The van der Waals surface area contributed by atoms with Crippen molar-refractivity contribution in [1.82, 2.24) is 4.90 Å². The first-order valence-corrected chi connectivity index (χ1v) is 9.61. The minimum Gasteiger partial charge on any atom is -0.508 e. The van der Waals surface area contributed by atoms with Gasteiger partial charge in [-0.3, -0.25) is 4.79 Å². The summed E-state index contributed by atoms with van der Waals surface area (Å²) in [5.74, 6) is -2.19. The number of carbonyl (C=O) groups is 2. The van der Waals surface area contributed by atoms with Gasteiger partial charge < -0.3 is 40.7 Å². The van der Waals surface area contributed by atoms with Crippen LogP contribution < -0.4 is 10.5 Å². The number of benzene rings is 2. The second-order valence-electron chi connectivity index (χ2n) is 7.32. The third-order valence-electron chi connectivity index (χ3n) is 5.08. The van der Waals surface area contributed by atoms with E-state index in [2.05, 4.69) is 0 Å². The lowest BCUT2D eigenvalue weighted by Crippen LogP contribution is -2.58. The molecule has 0 aromatic heterocycles. The molecule has 1 saturated heterocycles. The Morgan fingerprint density at radius 2 is 1.77 bits per heavy atom. The van der Waals surface area contributed by atoms with Crippen molar-refractivity contribution in [3.8, 4) is 17.2 Å². The fraction of sp³-hybridized carbons (Fsp3) is 0.300. The van der Waals surface area contributed by atoms with E-state index < -0.39 is 36.5 Å². The number of phenols is 2. The van der Waals surface area contributed by atoms with Crippen LogP contribution in [-0.2, 0) is 11.2 Å². The lowest BCUT2D eigenvalue weighted by molar-refractivity contribution is -0.141. The van der Waals surface area contributed by atoms with Crippen LogP contribution >= 0.6 is 0 Å². The highest BCUT2D eigenvalue weighted by atomic mass is 16.5. The van der Waals surface area contributed by atoms with Gasteiger partial charge >= 0.3 is 13.1 Å². The quantitative estimate of drug-likeness (QED) is 0.318. The molecule has 10 nitrogen and oxygen atoms in total. The molecule has 1 aliphatic rings. The van der Waals surface area contributed by atoms with Gasteiger partial charge in [0, 0.05) is 0 Å². The van der Waals surface area contributed by atoms with Gasteiger partial charge in [-0.05, 0) is 42.1 Å². The van der Waals surface area contributed by atoms with Gasteiger partial charge in [0.05, 0.1) is 13.1 Å². The molecular formula is C20H23BN2O8. The molecule has 1 atom stereocenters. The van der Waals surface area contributed by atoms with Gasteiger partial charge in [0.15, 0.2) is 0 Å². The van der Waals surface area contributed by atoms with Crippen molar-refractivity contribution in [1.29, 1.82) is 0 Å². The number of likely N-dealkylation sites (tertiary alicyclic amines) is 1. The summed E-state index contributed by atoms with van der Waals surface area (Å²) in [5, 5.41) is 47.0. The highest BCUT2D eigenvalue weighted by Crippen LogP contribution is 2.34. The lowest BCUT2D eigenvalue weighted by atomic mass is 9.82. The number of carbonyl (C=O) groups excluding carboxylic acids is 1. The van der Waals surface area contributed by atoms with Crippen LogP contribution in [0.1, 0.15) is 27.5 Å².